The Hall–Kier alpha value is -2.36. The Morgan fingerprint density at radius 3 is 2.63 bits per heavy atom. The van der Waals surface area contributed by atoms with Gasteiger partial charge in [-0.05, 0) is 20.9 Å². The monoisotopic (exact) mass is 415 g/mol. The molecule has 0 aliphatic carbocycles. The highest BCUT2D eigenvalue weighted by atomic mass is 35.5. The number of aromatic nitrogens is 5. The van der Waals surface area contributed by atoms with Crippen LogP contribution in [-0.4, -0.2) is 37.3 Å². The van der Waals surface area contributed by atoms with Crippen molar-refractivity contribution in [2.45, 2.75) is 26.4 Å². The molecule has 0 fully saturated rings. The summed E-state index contributed by atoms with van der Waals surface area (Å²) in [6, 6.07) is 0.958. The third-order valence-electron chi connectivity index (χ3n) is 4.25. The molecule has 148 valence electrons. The molecule has 0 aromatic carbocycles. The molecule has 3 N–H and O–H groups in total. The molecule has 11 heteroatoms. The van der Waals surface area contributed by atoms with Gasteiger partial charge in [-0.3, -0.25) is 19.4 Å². The first-order valence-electron chi connectivity index (χ1n) is 7.92. The number of fused-ring (bicyclic) bond motifs is 1. The number of aryl methyl sites for hydroxylation is 3. The van der Waals surface area contributed by atoms with Crippen LogP contribution in [0.5, 0.6) is 0 Å². The van der Waals surface area contributed by atoms with Crippen LogP contribution >= 0.6 is 24.8 Å². The van der Waals surface area contributed by atoms with Crippen molar-refractivity contribution in [1.29, 1.82) is 0 Å². The third kappa shape index (κ3) is 4.49. The lowest BCUT2D eigenvalue weighted by molar-refractivity contribution is -0.123. The second-order valence-corrected chi connectivity index (χ2v) is 5.96. The number of H-pyrrole nitrogens is 1. The second kappa shape index (κ2) is 9.03. The summed E-state index contributed by atoms with van der Waals surface area (Å²) in [5, 5.41) is 12.7. The quantitative estimate of drug-likeness (QED) is 0.570. The number of hydrogen-bond acceptors (Lipinski definition) is 5. The molecule has 9 nitrogen and oxygen atoms in total. The number of likely N-dealkylation sites (N-methyl/N-ethyl adjacent to an activating group) is 1. The van der Waals surface area contributed by atoms with Gasteiger partial charge in [0, 0.05) is 48.4 Å². The van der Waals surface area contributed by atoms with Crippen LogP contribution in [0, 0.1) is 13.8 Å². The first-order chi connectivity index (χ1) is 11.9. The number of hydrogen-bond donors (Lipinski definition) is 3. The number of aromatic amines is 1. The number of nitrogens with zero attached hydrogens (tertiary/aromatic N) is 4. The molecule has 1 atom stereocenters. The van der Waals surface area contributed by atoms with Gasteiger partial charge >= 0.3 is 0 Å². The maximum absolute atomic E-state index is 12.6. The van der Waals surface area contributed by atoms with E-state index in [0.29, 0.717) is 12.2 Å². The molecule has 27 heavy (non-hydrogen) atoms. The van der Waals surface area contributed by atoms with E-state index < -0.39 is 6.04 Å². The Kier molecular flexibility index (Phi) is 7.58. The van der Waals surface area contributed by atoms with Crippen molar-refractivity contribution >= 4 is 36.4 Å². The third-order valence-corrected chi connectivity index (χ3v) is 4.25. The van der Waals surface area contributed by atoms with Crippen molar-refractivity contribution in [1.82, 2.24) is 35.0 Å². The van der Waals surface area contributed by atoms with Crippen molar-refractivity contribution < 1.29 is 4.79 Å². The van der Waals surface area contributed by atoms with Crippen molar-refractivity contribution in [3.63, 3.8) is 0 Å². The van der Waals surface area contributed by atoms with Gasteiger partial charge in [0.05, 0.1) is 6.20 Å². The minimum absolute atomic E-state index is 0. The topological polar surface area (TPSA) is 109 Å². The lowest BCUT2D eigenvalue weighted by Gasteiger charge is -2.16. The molecule has 0 saturated carbocycles. The molecule has 0 bridgehead atoms. The summed E-state index contributed by atoms with van der Waals surface area (Å²) in [4.78, 5) is 28.5. The standard InChI is InChI=1S/C16H21N7O2.2ClH/c1-9-12(10(2)23-13(20-9)5-14(24)21-23)7-18-16(25)15(17-3)11-6-19-22(4)8-11;;/h5-6,8,15,17H,7H2,1-4H3,(H,18,25)(H,21,24);2*1H. The molecule has 1 unspecified atom stereocenters. The number of rotatable bonds is 5. The highest BCUT2D eigenvalue weighted by molar-refractivity contribution is 5.85. The first kappa shape index (κ1) is 22.7. The van der Waals surface area contributed by atoms with Gasteiger partial charge in [0.2, 0.25) is 5.91 Å². The van der Waals surface area contributed by atoms with E-state index in [1.165, 1.54) is 6.07 Å². The molecule has 0 aliphatic rings. The van der Waals surface area contributed by atoms with Gasteiger partial charge in [-0.25, -0.2) is 9.50 Å². The lowest BCUT2D eigenvalue weighted by atomic mass is 10.1. The fourth-order valence-corrected chi connectivity index (χ4v) is 2.93. The van der Waals surface area contributed by atoms with Gasteiger partial charge < -0.3 is 10.6 Å². The smallest absolute Gasteiger partial charge is 0.266 e. The minimum Gasteiger partial charge on any atom is -0.350 e. The average molecular weight is 416 g/mol. The lowest BCUT2D eigenvalue weighted by Crippen LogP contribution is -2.36. The van der Waals surface area contributed by atoms with Crippen LogP contribution in [0.25, 0.3) is 5.65 Å². The van der Waals surface area contributed by atoms with Crippen molar-refractivity contribution in [3.8, 4) is 0 Å². The van der Waals surface area contributed by atoms with Gasteiger partial charge in [-0.15, -0.1) is 24.8 Å². The van der Waals surface area contributed by atoms with Gasteiger partial charge in [-0.1, -0.05) is 0 Å². The summed E-state index contributed by atoms with van der Waals surface area (Å²) in [5.41, 5.74) is 3.64. The normalized spacial score (nSPS) is 11.6. The summed E-state index contributed by atoms with van der Waals surface area (Å²) in [7, 11) is 3.53. The number of nitrogens with one attached hydrogen (secondary N) is 3. The van der Waals surface area contributed by atoms with Crippen LogP contribution in [0.3, 0.4) is 0 Å². The summed E-state index contributed by atoms with van der Waals surface area (Å²) in [6.07, 6.45) is 3.46. The van der Waals surface area contributed by atoms with Crippen LogP contribution in [-0.2, 0) is 18.4 Å². The van der Waals surface area contributed by atoms with E-state index >= 15 is 0 Å². The van der Waals surface area contributed by atoms with Gasteiger partial charge in [-0.2, -0.15) is 5.10 Å². The number of carbonyl (C=O) groups excluding carboxylic acids is 1. The van der Waals surface area contributed by atoms with Crippen molar-refractivity contribution in [3.05, 3.63) is 51.3 Å². The maximum atomic E-state index is 12.6. The van der Waals surface area contributed by atoms with E-state index in [4.69, 9.17) is 0 Å². The van der Waals surface area contributed by atoms with E-state index in [9.17, 15) is 9.59 Å². The Bertz CT molecular complexity index is 992. The fraction of sp³-hybridized carbons (Fsp3) is 0.375. The van der Waals surface area contributed by atoms with Crippen LogP contribution in [0.2, 0.25) is 0 Å². The molecule has 3 rings (SSSR count). The van der Waals surface area contributed by atoms with Gasteiger partial charge in [0.25, 0.3) is 5.56 Å². The van der Waals surface area contributed by atoms with E-state index in [0.717, 1.165) is 22.5 Å². The molecular formula is C16H23Cl2N7O2. The number of carbonyl (C=O) groups is 1. The predicted octanol–water partition coefficient (Wildman–Crippen LogP) is 0.793. The van der Waals surface area contributed by atoms with E-state index in [-0.39, 0.29) is 36.3 Å². The number of halogens is 2. The van der Waals surface area contributed by atoms with Crippen molar-refractivity contribution in [2.24, 2.45) is 7.05 Å². The highest BCUT2D eigenvalue weighted by Gasteiger charge is 2.20. The zero-order valence-corrected chi connectivity index (χ0v) is 17.1. The average Bonchev–Trinajstić information content (AvgIpc) is 3.13. The second-order valence-electron chi connectivity index (χ2n) is 5.96. The minimum atomic E-state index is -0.489. The number of amides is 1. The summed E-state index contributed by atoms with van der Waals surface area (Å²) in [6.45, 7) is 4.07. The van der Waals surface area contributed by atoms with Gasteiger partial charge in [0.15, 0.2) is 5.65 Å². The fourth-order valence-electron chi connectivity index (χ4n) is 2.93. The summed E-state index contributed by atoms with van der Waals surface area (Å²) in [5.74, 6) is -0.157. The maximum Gasteiger partial charge on any atom is 0.266 e. The zero-order valence-electron chi connectivity index (χ0n) is 15.4. The molecule has 1 amide bonds. The molecule has 3 aromatic heterocycles. The predicted molar refractivity (Wildman–Crippen MR) is 107 cm³/mol. The van der Waals surface area contributed by atoms with Crippen molar-refractivity contribution in [2.75, 3.05) is 7.05 Å². The van der Waals surface area contributed by atoms with Crippen LogP contribution in [0.15, 0.2) is 23.3 Å². The Balaban J connectivity index is 0.00000182. The highest BCUT2D eigenvalue weighted by Crippen LogP contribution is 2.15. The molecule has 0 radical (unpaired) electrons. The Morgan fingerprint density at radius 2 is 2.04 bits per heavy atom. The van der Waals surface area contributed by atoms with E-state index in [2.05, 4.69) is 25.8 Å². The Morgan fingerprint density at radius 1 is 1.33 bits per heavy atom. The Labute approximate surface area is 168 Å². The SMILES string of the molecule is CNC(C(=O)NCc1c(C)nc2cc(=O)[nH]n2c1C)c1cnn(C)c1.Cl.Cl. The summed E-state index contributed by atoms with van der Waals surface area (Å²) >= 11 is 0. The first-order valence-corrected chi connectivity index (χ1v) is 7.92. The zero-order chi connectivity index (χ0) is 18.1. The molecule has 0 aliphatic heterocycles. The molecule has 3 aromatic rings. The van der Waals surface area contributed by atoms with E-state index in [1.807, 2.05) is 13.8 Å². The van der Waals surface area contributed by atoms with Crippen LogP contribution in [0.1, 0.15) is 28.6 Å². The largest absolute Gasteiger partial charge is 0.350 e. The molecular weight excluding hydrogens is 393 g/mol. The van der Waals surface area contributed by atoms with Crippen LogP contribution < -0.4 is 16.2 Å². The van der Waals surface area contributed by atoms with Crippen LogP contribution in [0.4, 0.5) is 0 Å². The molecule has 0 spiro atoms. The summed E-state index contributed by atoms with van der Waals surface area (Å²) < 4.78 is 3.29. The molecule has 3 heterocycles. The van der Waals surface area contributed by atoms with Gasteiger partial charge in [0.1, 0.15) is 6.04 Å². The van der Waals surface area contributed by atoms with E-state index in [1.54, 1.807) is 35.7 Å². The molecule has 0 saturated heterocycles.